The number of allylic oxidation sites excluding steroid dienone is 1. The summed E-state index contributed by atoms with van der Waals surface area (Å²) < 4.78 is 5.44. The lowest BCUT2D eigenvalue weighted by Crippen LogP contribution is -2.37. The van der Waals surface area contributed by atoms with Crippen molar-refractivity contribution in [2.45, 2.75) is 25.3 Å². The molecule has 2 aromatic carbocycles. The predicted octanol–water partition coefficient (Wildman–Crippen LogP) is 6.18. The second kappa shape index (κ2) is 8.61. The summed E-state index contributed by atoms with van der Waals surface area (Å²) in [6.45, 7) is 0. The lowest BCUT2D eigenvalue weighted by molar-refractivity contribution is -0.116. The number of halogens is 2. The number of para-hydroxylation sites is 2. The van der Waals surface area contributed by atoms with E-state index in [1.165, 1.54) is 6.26 Å². The number of hydrogen-bond donors (Lipinski definition) is 1. The topological polar surface area (TPSA) is 62.6 Å². The largest absolute Gasteiger partial charge is 0.459 e. The molecular weight excluding hydrogens is 435 g/mol. The van der Waals surface area contributed by atoms with E-state index in [-0.39, 0.29) is 29.9 Å². The first-order chi connectivity index (χ1) is 14.6. The molecule has 0 saturated carbocycles. The molecule has 0 radical (unpaired) electrons. The second-order valence-electron chi connectivity index (χ2n) is 7.42. The van der Waals surface area contributed by atoms with Gasteiger partial charge in [0.2, 0.25) is 0 Å². The molecule has 1 aromatic heterocycles. The van der Waals surface area contributed by atoms with E-state index in [4.69, 9.17) is 16.0 Å². The van der Waals surface area contributed by atoms with Crippen molar-refractivity contribution in [1.82, 2.24) is 0 Å². The summed E-state index contributed by atoms with van der Waals surface area (Å²) in [5, 5.41) is 4.04. The van der Waals surface area contributed by atoms with Crippen molar-refractivity contribution in [2.75, 3.05) is 10.2 Å². The molecule has 1 atom stereocenters. The first kappa shape index (κ1) is 21.2. The third kappa shape index (κ3) is 3.75. The zero-order valence-electron chi connectivity index (χ0n) is 16.5. The standard InChI is InChI=1S/C24H19ClN2O3.ClH/c25-16-12-10-15(11-13-16)23-22-18(6-3-8-20(22)28)26-17-5-1-2-7-19(17)27(23)24(29)21-9-4-14-30-21;/h1-2,4-5,7,9-14,23,26H,3,6,8H2;1H. The average molecular weight is 455 g/mol. The Balaban J connectivity index is 0.00000231. The maximum Gasteiger partial charge on any atom is 0.294 e. The molecule has 5 rings (SSSR count). The first-order valence-electron chi connectivity index (χ1n) is 9.88. The van der Waals surface area contributed by atoms with Gasteiger partial charge in [0.05, 0.1) is 23.7 Å². The van der Waals surface area contributed by atoms with Gasteiger partial charge in [-0.2, -0.15) is 0 Å². The van der Waals surface area contributed by atoms with E-state index in [2.05, 4.69) is 5.32 Å². The molecule has 1 N–H and O–H groups in total. The molecule has 1 amide bonds. The van der Waals surface area contributed by atoms with Gasteiger partial charge in [0.15, 0.2) is 11.5 Å². The van der Waals surface area contributed by atoms with E-state index in [1.807, 2.05) is 36.4 Å². The Morgan fingerprint density at radius 1 is 1.03 bits per heavy atom. The quantitative estimate of drug-likeness (QED) is 0.502. The first-order valence-corrected chi connectivity index (χ1v) is 10.3. The minimum Gasteiger partial charge on any atom is -0.459 e. The molecule has 0 spiro atoms. The SMILES string of the molecule is Cl.O=C1CCCC2=C1C(c1ccc(Cl)cc1)N(C(=O)c1ccco1)c1ccccc1N2. The maximum absolute atomic E-state index is 13.7. The normalized spacial score (nSPS) is 17.8. The van der Waals surface area contributed by atoms with Gasteiger partial charge in [-0.05, 0) is 54.8 Å². The Morgan fingerprint density at radius 3 is 2.55 bits per heavy atom. The van der Waals surface area contributed by atoms with Gasteiger partial charge in [-0.3, -0.25) is 14.5 Å². The van der Waals surface area contributed by atoms with Crippen LogP contribution in [0.3, 0.4) is 0 Å². The van der Waals surface area contributed by atoms with E-state index in [1.54, 1.807) is 29.2 Å². The zero-order valence-corrected chi connectivity index (χ0v) is 18.1. The number of rotatable bonds is 2. The molecule has 0 saturated heterocycles. The molecule has 1 unspecified atom stereocenters. The summed E-state index contributed by atoms with van der Waals surface area (Å²) in [6.07, 6.45) is 3.47. The lowest BCUT2D eigenvalue weighted by Gasteiger charge is -2.33. The van der Waals surface area contributed by atoms with Gasteiger partial charge in [-0.25, -0.2) is 0 Å². The second-order valence-corrected chi connectivity index (χ2v) is 7.85. The van der Waals surface area contributed by atoms with Crippen molar-refractivity contribution in [2.24, 2.45) is 0 Å². The van der Waals surface area contributed by atoms with Crippen LogP contribution in [0.5, 0.6) is 0 Å². The number of carbonyl (C=O) groups is 2. The highest BCUT2D eigenvalue weighted by molar-refractivity contribution is 6.30. The number of amides is 1. The molecule has 1 aliphatic carbocycles. The van der Waals surface area contributed by atoms with Crippen LogP contribution in [0, 0.1) is 0 Å². The van der Waals surface area contributed by atoms with Crippen molar-refractivity contribution in [3.8, 4) is 0 Å². The number of Topliss-reactive ketones (excluding diaryl/α,β-unsaturated/α-hetero) is 1. The number of ketones is 1. The van der Waals surface area contributed by atoms with Gasteiger partial charge in [-0.15, -0.1) is 12.4 Å². The minimum atomic E-state index is -0.584. The molecule has 1 aliphatic heterocycles. The van der Waals surface area contributed by atoms with E-state index in [0.717, 1.165) is 29.8 Å². The summed E-state index contributed by atoms with van der Waals surface area (Å²) in [7, 11) is 0. The Kier molecular flexibility index (Phi) is 5.90. The minimum absolute atomic E-state index is 0. The number of benzene rings is 2. The molecule has 2 aliphatic rings. The lowest BCUT2D eigenvalue weighted by atomic mass is 9.85. The smallest absolute Gasteiger partial charge is 0.294 e. The van der Waals surface area contributed by atoms with E-state index >= 15 is 0 Å². The number of carbonyl (C=O) groups excluding carboxylic acids is 2. The highest BCUT2D eigenvalue weighted by Gasteiger charge is 2.40. The van der Waals surface area contributed by atoms with Gasteiger partial charge >= 0.3 is 0 Å². The number of hydrogen-bond acceptors (Lipinski definition) is 4. The molecule has 2 heterocycles. The van der Waals surface area contributed by atoms with Crippen LogP contribution in [-0.4, -0.2) is 11.7 Å². The van der Waals surface area contributed by atoms with Gasteiger partial charge in [0.1, 0.15) is 0 Å². The van der Waals surface area contributed by atoms with Crippen molar-refractivity contribution < 1.29 is 14.0 Å². The van der Waals surface area contributed by atoms with Crippen LogP contribution < -0.4 is 10.2 Å². The van der Waals surface area contributed by atoms with Crippen LogP contribution >= 0.6 is 24.0 Å². The number of nitrogens with zero attached hydrogens (tertiary/aromatic N) is 1. The summed E-state index contributed by atoms with van der Waals surface area (Å²) in [4.78, 5) is 28.5. The third-order valence-electron chi connectivity index (χ3n) is 5.57. The molecule has 0 bridgehead atoms. The highest BCUT2D eigenvalue weighted by Crippen LogP contribution is 2.45. The molecule has 0 fully saturated rings. The van der Waals surface area contributed by atoms with Gasteiger partial charge in [0, 0.05) is 22.7 Å². The van der Waals surface area contributed by atoms with Gasteiger partial charge < -0.3 is 9.73 Å². The monoisotopic (exact) mass is 454 g/mol. The fourth-order valence-corrected chi connectivity index (χ4v) is 4.36. The van der Waals surface area contributed by atoms with E-state index in [9.17, 15) is 9.59 Å². The predicted molar refractivity (Wildman–Crippen MR) is 123 cm³/mol. The Labute approximate surface area is 191 Å². The molecule has 5 nitrogen and oxygen atoms in total. The molecule has 3 aromatic rings. The number of fused-ring (bicyclic) bond motifs is 1. The Hall–Kier alpha value is -3.02. The van der Waals surface area contributed by atoms with Crippen LogP contribution in [0.25, 0.3) is 0 Å². The van der Waals surface area contributed by atoms with Crippen molar-refractivity contribution in [3.63, 3.8) is 0 Å². The van der Waals surface area contributed by atoms with Gasteiger partial charge in [-0.1, -0.05) is 35.9 Å². The summed E-state index contributed by atoms with van der Waals surface area (Å²) in [6, 6.07) is 17.6. The van der Waals surface area contributed by atoms with Crippen molar-refractivity contribution >= 4 is 47.1 Å². The third-order valence-corrected chi connectivity index (χ3v) is 5.83. The fourth-order valence-electron chi connectivity index (χ4n) is 4.24. The zero-order chi connectivity index (χ0) is 20.7. The van der Waals surface area contributed by atoms with Crippen molar-refractivity contribution in [1.29, 1.82) is 0 Å². The molecule has 31 heavy (non-hydrogen) atoms. The Morgan fingerprint density at radius 2 is 1.81 bits per heavy atom. The fraction of sp³-hybridized carbons (Fsp3) is 0.167. The molecule has 158 valence electrons. The number of nitrogens with one attached hydrogen (secondary N) is 1. The van der Waals surface area contributed by atoms with Gasteiger partial charge in [0.25, 0.3) is 5.91 Å². The average Bonchev–Trinajstić information content (AvgIpc) is 3.24. The van der Waals surface area contributed by atoms with Crippen LogP contribution in [0.4, 0.5) is 11.4 Å². The summed E-state index contributed by atoms with van der Waals surface area (Å²) in [5.74, 6) is -0.0360. The van der Waals surface area contributed by atoms with Crippen LogP contribution in [-0.2, 0) is 4.79 Å². The summed E-state index contributed by atoms with van der Waals surface area (Å²) in [5.41, 5.74) is 3.80. The maximum atomic E-state index is 13.7. The van der Waals surface area contributed by atoms with Crippen LogP contribution in [0.1, 0.15) is 41.4 Å². The number of furan rings is 1. The van der Waals surface area contributed by atoms with Crippen molar-refractivity contribution in [3.05, 3.63) is 94.5 Å². The van der Waals surface area contributed by atoms with E-state index < -0.39 is 6.04 Å². The number of anilines is 2. The summed E-state index contributed by atoms with van der Waals surface area (Å²) >= 11 is 6.12. The van der Waals surface area contributed by atoms with Crippen LogP contribution in [0.15, 0.2) is 82.6 Å². The molecular formula is C24H20Cl2N2O3. The molecule has 7 heteroatoms. The van der Waals surface area contributed by atoms with E-state index in [0.29, 0.717) is 22.7 Å². The highest BCUT2D eigenvalue weighted by atomic mass is 35.5. The van der Waals surface area contributed by atoms with Crippen LogP contribution in [0.2, 0.25) is 5.02 Å². The Bertz CT molecular complexity index is 1150.